The standard InChI is InChI=1S/C23H34F3N3O5/c1-15-11-29(9-8-23(24,25)26)16(2)13-34-19-10-17(27-21(30)14-32-4)6-7-18(19)22(31)28(3)12-20(15)33-5/h6-7,10,15-16,20H,8-9,11-14H2,1-5H3,(H,27,30)/t15-,16+,20+/m0/s1. The summed E-state index contributed by atoms with van der Waals surface area (Å²) in [5, 5.41) is 2.66. The Kier molecular flexibility index (Phi) is 10.1. The monoisotopic (exact) mass is 489 g/mol. The number of rotatable bonds is 6. The lowest BCUT2D eigenvalue weighted by Gasteiger charge is -2.36. The van der Waals surface area contributed by atoms with Crippen molar-refractivity contribution in [2.45, 2.75) is 38.6 Å². The number of methoxy groups -OCH3 is 2. The van der Waals surface area contributed by atoms with Gasteiger partial charge in [0.25, 0.3) is 5.91 Å². The number of anilines is 1. The van der Waals surface area contributed by atoms with Crippen LogP contribution in [0, 0.1) is 5.92 Å². The summed E-state index contributed by atoms with van der Waals surface area (Å²) in [6.07, 6.45) is -5.58. The highest BCUT2D eigenvalue weighted by Gasteiger charge is 2.32. The third-order valence-corrected chi connectivity index (χ3v) is 5.82. The van der Waals surface area contributed by atoms with Crippen LogP contribution in [0.3, 0.4) is 0 Å². The van der Waals surface area contributed by atoms with Crippen LogP contribution in [0.15, 0.2) is 18.2 Å². The summed E-state index contributed by atoms with van der Waals surface area (Å²) < 4.78 is 55.2. The topological polar surface area (TPSA) is 80.3 Å². The molecule has 0 fully saturated rings. The number of hydrogen-bond acceptors (Lipinski definition) is 6. The molecular formula is C23H34F3N3O5. The molecule has 0 aromatic heterocycles. The highest BCUT2D eigenvalue weighted by molar-refractivity contribution is 5.98. The van der Waals surface area contributed by atoms with E-state index in [9.17, 15) is 22.8 Å². The number of nitrogens with zero attached hydrogens (tertiary/aromatic N) is 2. The summed E-state index contributed by atoms with van der Waals surface area (Å²) in [7, 11) is 4.56. The third-order valence-electron chi connectivity index (χ3n) is 5.82. The number of amides is 2. The van der Waals surface area contributed by atoms with Crippen LogP contribution in [0.25, 0.3) is 0 Å². The van der Waals surface area contributed by atoms with Crippen LogP contribution in [-0.2, 0) is 14.3 Å². The number of hydrogen-bond donors (Lipinski definition) is 1. The molecule has 2 amide bonds. The van der Waals surface area contributed by atoms with E-state index in [0.29, 0.717) is 12.2 Å². The van der Waals surface area contributed by atoms with E-state index >= 15 is 0 Å². The lowest BCUT2D eigenvalue weighted by Crippen LogP contribution is -2.47. The zero-order chi connectivity index (χ0) is 25.5. The maximum Gasteiger partial charge on any atom is 0.390 e. The van der Waals surface area contributed by atoms with Crippen LogP contribution >= 0.6 is 0 Å². The molecule has 1 aliphatic rings. The van der Waals surface area contributed by atoms with E-state index in [1.807, 2.05) is 6.92 Å². The molecule has 0 spiro atoms. The lowest BCUT2D eigenvalue weighted by molar-refractivity contribution is -0.140. The van der Waals surface area contributed by atoms with Crippen molar-refractivity contribution in [1.82, 2.24) is 9.80 Å². The zero-order valence-electron chi connectivity index (χ0n) is 20.3. The predicted molar refractivity (Wildman–Crippen MR) is 121 cm³/mol. The number of nitrogens with one attached hydrogen (secondary N) is 1. The smallest absolute Gasteiger partial charge is 0.390 e. The second kappa shape index (κ2) is 12.4. The minimum atomic E-state index is -4.28. The van der Waals surface area contributed by atoms with Crippen molar-refractivity contribution in [3.8, 4) is 5.75 Å². The van der Waals surface area contributed by atoms with Gasteiger partial charge in [-0.25, -0.2) is 0 Å². The molecule has 1 aromatic carbocycles. The molecule has 0 aliphatic carbocycles. The van der Waals surface area contributed by atoms with E-state index in [2.05, 4.69) is 5.32 Å². The van der Waals surface area contributed by atoms with E-state index in [1.54, 1.807) is 31.0 Å². The first kappa shape index (κ1) is 27.9. The number of alkyl halides is 3. The van der Waals surface area contributed by atoms with E-state index < -0.39 is 12.6 Å². The summed E-state index contributed by atoms with van der Waals surface area (Å²) >= 11 is 0. The number of benzene rings is 1. The average molecular weight is 490 g/mol. The fraction of sp³-hybridized carbons (Fsp3) is 0.652. The van der Waals surface area contributed by atoms with Crippen molar-refractivity contribution in [2.75, 3.05) is 59.4 Å². The fourth-order valence-electron chi connectivity index (χ4n) is 3.83. The quantitative estimate of drug-likeness (QED) is 0.662. The Labute approximate surface area is 198 Å². The maximum absolute atomic E-state index is 13.2. The van der Waals surface area contributed by atoms with Crippen molar-refractivity contribution in [1.29, 1.82) is 0 Å². The van der Waals surface area contributed by atoms with Crippen molar-refractivity contribution < 1.29 is 37.0 Å². The number of likely N-dealkylation sites (N-methyl/N-ethyl adjacent to an activating group) is 1. The summed E-state index contributed by atoms with van der Waals surface area (Å²) in [6.45, 7) is 4.03. The Hall–Kier alpha value is -2.37. The Morgan fingerprint density at radius 2 is 1.94 bits per heavy atom. The van der Waals surface area contributed by atoms with Gasteiger partial charge in [0.2, 0.25) is 5.91 Å². The van der Waals surface area contributed by atoms with E-state index in [0.717, 1.165) is 0 Å². The highest BCUT2D eigenvalue weighted by Crippen LogP contribution is 2.27. The summed E-state index contributed by atoms with van der Waals surface area (Å²) in [4.78, 5) is 28.3. The molecule has 0 unspecified atom stereocenters. The van der Waals surface area contributed by atoms with Gasteiger partial charge in [0, 0.05) is 58.7 Å². The van der Waals surface area contributed by atoms with Crippen LogP contribution in [0.1, 0.15) is 30.6 Å². The van der Waals surface area contributed by atoms with Gasteiger partial charge in [-0.2, -0.15) is 13.2 Å². The molecule has 192 valence electrons. The normalized spacial score (nSPS) is 22.9. The molecule has 34 heavy (non-hydrogen) atoms. The first-order valence-electron chi connectivity index (χ1n) is 11.1. The molecule has 1 heterocycles. The van der Waals surface area contributed by atoms with Gasteiger partial charge < -0.3 is 24.4 Å². The predicted octanol–water partition coefficient (Wildman–Crippen LogP) is 3.03. The number of carbonyl (C=O) groups excluding carboxylic acids is 2. The Morgan fingerprint density at radius 1 is 1.24 bits per heavy atom. The Balaban J connectivity index is 2.37. The van der Waals surface area contributed by atoms with Crippen LogP contribution in [0.5, 0.6) is 5.75 Å². The van der Waals surface area contributed by atoms with Gasteiger partial charge in [0.05, 0.1) is 18.1 Å². The third kappa shape index (κ3) is 8.14. The number of fused-ring (bicyclic) bond motifs is 1. The first-order chi connectivity index (χ1) is 15.9. The van der Waals surface area contributed by atoms with Gasteiger partial charge in [0.1, 0.15) is 19.0 Å². The van der Waals surface area contributed by atoms with Gasteiger partial charge >= 0.3 is 6.18 Å². The lowest BCUT2D eigenvalue weighted by atomic mass is 10.0. The molecule has 2 rings (SSSR count). The van der Waals surface area contributed by atoms with E-state index in [-0.39, 0.29) is 67.5 Å². The number of carbonyl (C=O) groups is 2. The largest absolute Gasteiger partial charge is 0.491 e. The molecule has 0 saturated carbocycles. The second-order valence-corrected chi connectivity index (χ2v) is 8.65. The van der Waals surface area contributed by atoms with Crippen LogP contribution in [0.4, 0.5) is 18.9 Å². The number of ether oxygens (including phenoxy) is 3. The van der Waals surface area contributed by atoms with Crippen molar-refractivity contribution in [3.05, 3.63) is 23.8 Å². The molecule has 8 nitrogen and oxygen atoms in total. The van der Waals surface area contributed by atoms with Gasteiger partial charge in [-0.1, -0.05) is 6.92 Å². The summed E-state index contributed by atoms with van der Waals surface area (Å²) in [5.41, 5.74) is 0.692. The van der Waals surface area contributed by atoms with Gasteiger partial charge in [-0.05, 0) is 25.0 Å². The van der Waals surface area contributed by atoms with Gasteiger partial charge in [0.15, 0.2) is 0 Å². The summed E-state index contributed by atoms with van der Waals surface area (Å²) in [6, 6.07) is 4.31. The van der Waals surface area contributed by atoms with E-state index in [1.165, 1.54) is 25.2 Å². The molecule has 0 radical (unpaired) electrons. The molecule has 0 bridgehead atoms. The fourth-order valence-corrected chi connectivity index (χ4v) is 3.83. The summed E-state index contributed by atoms with van der Waals surface area (Å²) in [5.74, 6) is -0.561. The highest BCUT2D eigenvalue weighted by atomic mass is 19.4. The van der Waals surface area contributed by atoms with Crippen molar-refractivity contribution in [3.63, 3.8) is 0 Å². The molecular weight excluding hydrogens is 455 g/mol. The zero-order valence-corrected chi connectivity index (χ0v) is 20.3. The molecule has 1 aromatic rings. The SMILES string of the molecule is COCC(=O)Nc1ccc2c(c1)OC[C@@H](C)N(CCC(F)(F)F)C[C@H](C)[C@H](OC)CN(C)C2=O. The second-order valence-electron chi connectivity index (χ2n) is 8.65. The van der Waals surface area contributed by atoms with Crippen LogP contribution < -0.4 is 10.1 Å². The number of halogens is 3. The maximum atomic E-state index is 13.2. The van der Waals surface area contributed by atoms with Crippen molar-refractivity contribution >= 4 is 17.5 Å². The molecule has 1 N–H and O–H groups in total. The molecule has 0 saturated heterocycles. The van der Waals surface area contributed by atoms with Crippen molar-refractivity contribution in [2.24, 2.45) is 5.92 Å². The molecule has 11 heteroatoms. The Bertz CT molecular complexity index is 837. The van der Waals surface area contributed by atoms with Gasteiger partial charge in [-0.3, -0.25) is 14.5 Å². The molecule has 3 atom stereocenters. The van der Waals surface area contributed by atoms with Crippen LogP contribution in [0.2, 0.25) is 0 Å². The van der Waals surface area contributed by atoms with Crippen LogP contribution in [-0.4, -0.2) is 94.1 Å². The molecule has 1 aliphatic heterocycles. The average Bonchev–Trinajstić information content (AvgIpc) is 2.76. The minimum absolute atomic E-state index is 0.0572. The van der Waals surface area contributed by atoms with Gasteiger partial charge in [-0.15, -0.1) is 0 Å². The Morgan fingerprint density at radius 3 is 2.56 bits per heavy atom. The minimum Gasteiger partial charge on any atom is -0.491 e. The van der Waals surface area contributed by atoms with E-state index in [4.69, 9.17) is 14.2 Å². The first-order valence-corrected chi connectivity index (χ1v) is 11.1.